The van der Waals surface area contributed by atoms with Crippen molar-refractivity contribution < 1.29 is 5.21 Å². The maximum atomic E-state index is 12.6. The van der Waals surface area contributed by atoms with E-state index in [1.807, 2.05) is 13.0 Å². The van der Waals surface area contributed by atoms with Crippen molar-refractivity contribution in [3.05, 3.63) is 40.2 Å². The summed E-state index contributed by atoms with van der Waals surface area (Å²) in [7, 11) is 2.13. The first-order valence-electron chi connectivity index (χ1n) is 9.10. The number of aryl methyl sites for hydroxylation is 1. The van der Waals surface area contributed by atoms with Gasteiger partial charge >= 0.3 is 0 Å². The number of anilines is 1. The van der Waals surface area contributed by atoms with E-state index in [1.54, 1.807) is 10.8 Å². The van der Waals surface area contributed by atoms with Gasteiger partial charge in [0.2, 0.25) is 0 Å². The number of hydrogen-bond acceptors (Lipinski definition) is 5. The first-order chi connectivity index (χ1) is 12.2. The Morgan fingerprint density at radius 2 is 2.08 bits per heavy atom. The highest BCUT2D eigenvalue weighted by Gasteiger charge is 2.19. The molecule has 0 saturated heterocycles. The van der Waals surface area contributed by atoms with Gasteiger partial charge in [0.15, 0.2) is 0 Å². The van der Waals surface area contributed by atoms with Gasteiger partial charge in [-0.25, -0.2) is 4.98 Å². The van der Waals surface area contributed by atoms with Crippen LogP contribution in [0.15, 0.2) is 34.3 Å². The predicted octanol–water partition coefficient (Wildman–Crippen LogP) is 2.87. The van der Waals surface area contributed by atoms with E-state index in [4.69, 9.17) is 5.21 Å². The molecule has 2 aromatic rings. The molecule has 1 fully saturated rings. The van der Waals surface area contributed by atoms with Gasteiger partial charge in [0.25, 0.3) is 11.0 Å². The van der Waals surface area contributed by atoms with Gasteiger partial charge in [0, 0.05) is 36.9 Å². The van der Waals surface area contributed by atoms with Crippen LogP contribution in [0.3, 0.4) is 0 Å². The standard InChI is InChI=1S/C19H26N4O2/c1-3-11-23-17-12-16(22(2)15-7-5-4-6-8-15)10-9-14(17)13-20-18(21-25)19(23)24/h9-10,12-13,15,25H,3-8,11H2,1-2H3. The Morgan fingerprint density at radius 3 is 2.76 bits per heavy atom. The lowest BCUT2D eigenvalue weighted by Gasteiger charge is -2.33. The normalized spacial score (nSPS) is 16.3. The molecule has 1 aliphatic carbocycles. The van der Waals surface area contributed by atoms with Gasteiger partial charge in [0.1, 0.15) is 0 Å². The minimum Gasteiger partial charge on any atom is -0.409 e. The Balaban J connectivity index is 2.15. The summed E-state index contributed by atoms with van der Waals surface area (Å²) >= 11 is 0. The molecule has 1 aliphatic rings. The van der Waals surface area contributed by atoms with Gasteiger partial charge in [-0.3, -0.25) is 4.79 Å². The molecule has 1 heterocycles. The van der Waals surface area contributed by atoms with Gasteiger partial charge in [-0.1, -0.05) is 31.3 Å². The van der Waals surface area contributed by atoms with E-state index >= 15 is 0 Å². The summed E-state index contributed by atoms with van der Waals surface area (Å²) in [6.45, 7) is 2.58. The summed E-state index contributed by atoms with van der Waals surface area (Å²) in [6, 6.07) is 6.68. The lowest BCUT2D eigenvalue weighted by atomic mass is 9.94. The molecule has 0 bridgehead atoms. The van der Waals surface area contributed by atoms with E-state index in [2.05, 4.69) is 34.2 Å². The Hall–Kier alpha value is -2.37. The second kappa shape index (κ2) is 7.68. The molecule has 6 nitrogen and oxygen atoms in total. The zero-order chi connectivity index (χ0) is 17.8. The zero-order valence-corrected chi connectivity index (χ0v) is 15.0. The van der Waals surface area contributed by atoms with Crippen LogP contribution in [0.1, 0.15) is 45.4 Å². The average molecular weight is 342 g/mol. The summed E-state index contributed by atoms with van der Waals surface area (Å²) in [4.78, 5) is 19.0. The Bertz CT molecular complexity index is 869. The fourth-order valence-electron chi connectivity index (χ4n) is 3.70. The molecular weight excluding hydrogens is 316 g/mol. The number of hydrogen-bond donors (Lipinski definition) is 1. The molecule has 0 radical (unpaired) electrons. The van der Waals surface area contributed by atoms with Crippen molar-refractivity contribution in [2.45, 2.75) is 58.0 Å². The first-order valence-corrected chi connectivity index (χ1v) is 9.10. The maximum Gasteiger partial charge on any atom is 0.299 e. The lowest BCUT2D eigenvalue weighted by molar-refractivity contribution is 0.297. The molecule has 0 unspecified atom stereocenters. The molecule has 0 amide bonds. The molecule has 0 atom stereocenters. The molecule has 134 valence electrons. The van der Waals surface area contributed by atoms with Crippen LogP contribution in [0.5, 0.6) is 0 Å². The fraction of sp³-hybridized carbons (Fsp3) is 0.526. The predicted molar refractivity (Wildman–Crippen MR) is 98.9 cm³/mol. The lowest BCUT2D eigenvalue weighted by Crippen LogP contribution is -2.34. The maximum absolute atomic E-state index is 12.6. The van der Waals surface area contributed by atoms with Crippen molar-refractivity contribution in [2.75, 3.05) is 11.9 Å². The number of nitrogens with zero attached hydrogens (tertiary/aromatic N) is 4. The van der Waals surface area contributed by atoms with Crippen molar-refractivity contribution in [3.63, 3.8) is 0 Å². The Labute approximate surface area is 147 Å². The molecule has 1 aromatic carbocycles. The van der Waals surface area contributed by atoms with E-state index in [0.29, 0.717) is 12.6 Å². The van der Waals surface area contributed by atoms with Crippen LogP contribution in [0.25, 0.3) is 10.9 Å². The van der Waals surface area contributed by atoms with Gasteiger partial charge < -0.3 is 14.7 Å². The van der Waals surface area contributed by atoms with Crippen LogP contribution in [-0.4, -0.2) is 27.8 Å². The topological polar surface area (TPSA) is 70.7 Å². The number of aromatic nitrogens is 2. The first kappa shape index (κ1) is 17.5. The molecule has 3 rings (SSSR count). The SMILES string of the molecule is CCCn1c(=O)c(=NO)ncc2ccc(N(C)C3CCCCC3)cc21. The summed E-state index contributed by atoms with van der Waals surface area (Å²) in [5.74, 6) is 0. The van der Waals surface area contributed by atoms with Gasteiger partial charge in [0.05, 0.1) is 5.52 Å². The van der Waals surface area contributed by atoms with E-state index < -0.39 is 0 Å². The number of fused-ring (bicyclic) bond motifs is 1. The third-order valence-corrected chi connectivity index (χ3v) is 5.14. The van der Waals surface area contributed by atoms with Crippen LogP contribution in [0.4, 0.5) is 5.69 Å². The van der Waals surface area contributed by atoms with Crippen molar-refractivity contribution in [2.24, 2.45) is 5.16 Å². The summed E-state index contributed by atoms with van der Waals surface area (Å²) in [5, 5.41) is 13.0. The van der Waals surface area contributed by atoms with Crippen molar-refractivity contribution >= 4 is 16.6 Å². The average Bonchev–Trinajstić information content (AvgIpc) is 2.79. The highest BCUT2D eigenvalue weighted by Crippen LogP contribution is 2.27. The van der Waals surface area contributed by atoms with Crippen LogP contribution in [0.2, 0.25) is 0 Å². The van der Waals surface area contributed by atoms with Gasteiger partial charge in [-0.15, -0.1) is 0 Å². The van der Waals surface area contributed by atoms with E-state index in [-0.39, 0.29) is 11.0 Å². The summed E-state index contributed by atoms with van der Waals surface area (Å²) in [6.07, 6.45) is 8.73. The molecule has 25 heavy (non-hydrogen) atoms. The summed E-state index contributed by atoms with van der Waals surface area (Å²) in [5.41, 5.74) is 1.40. The smallest absolute Gasteiger partial charge is 0.299 e. The molecule has 6 heteroatoms. The highest BCUT2D eigenvalue weighted by molar-refractivity contribution is 5.82. The Kier molecular flexibility index (Phi) is 5.36. The van der Waals surface area contributed by atoms with Crippen molar-refractivity contribution in [3.8, 4) is 0 Å². The molecular formula is C19H26N4O2. The minimum atomic E-state index is -0.364. The zero-order valence-electron chi connectivity index (χ0n) is 15.0. The molecule has 0 spiro atoms. The number of benzene rings is 1. The fourth-order valence-corrected chi connectivity index (χ4v) is 3.70. The number of rotatable bonds is 4. The van der Waals surface area contributed by atoms with E-state index in [9.17, 15) is 4.79 Å². The quantitative estimate of drug-likeness (QED) is 0.685. The molecule has 1 saturated carbocycles. The van der Waals surface area contributed by atoms with Gasteiger partial charge in [-0.05, 0) is 37.5 Å². The van der Waals surface area contributed by atoms with E-state index in [0.717, 1.165) is 23.0 Å². The van der Waals surface area contributed by atoms with Gasteiger partial charge in [-0.2, -0.15) is 0 Å². The monoisotopic (exact) mass is 342 g/mol. The van der Waals surface area contributed by atoms with Crippen LogP contribution in [0, 0.1) is 0 Å². The third kappa shape index (κ3) is 3.52. The summed E-state index contributed by atoms with van der Waals surface area (Å²) < 4.78 is 1.66. The Morgan fingerprint density at radius 1 is 1.32 bits per heavy atom. The second-order valence-corrected chi connectivity index (χ2v) is 6.78. The molecule has 0 aliphatic heterocycles. The molecule has 1 N–H and O–H groups in total. The largest absolute Gasteiger partial charge is 0.409 e. The molecule has 1 aromatic heterocycles. The van der Waals surface area contributed by atoms with E-state index in [1.165, 1.54) is 32.1 Å². The van der Waals surface area contributed by atoms with Crippen molar-refractivity contribution in [1.29, 1.82) is 0 Å². The second-order valence-electron chi connectivity index (χ2n) is 6.78. The minimum absolute atomic E-state index is 0.174. The van der Waals surface area contributed by atoms with Crippen molar-refractivity contribution in [1.82, 2.24) is 9.55 Å². The van der Waals surface area contributed by atoms with Crippen LogP contribution >= 0.6 is 0 Å². The highest BCUT2D eigenvalue weighted by atomic mass is 16.4. The van der Waals surface area contributed by atoms with Crippen LogP contribution in [-0.2, 0) is 6.54 Å². The van der Waals surface area contributed by atoms with Crippen LogP contribution < -0.4 is 15.9 Å². The third-order valence-electron chi connectivity index (χ3n) is 5.14.